The lowest BCUT2D eigenvalue weighted by Crippen LogP contribution is -2.40. The number of aryl methyl sites for hydroxylation is 1. The zero-order chi connectivity index (χ0) is 15.1. The first kappa shape index (κ1) is 13.0. The van der Waals surface area contributed by atoms with E-state index in [4.69, 9.17) is 0 Å². The third-order valence-electron chi connectivity index (χ3n) is 3.40. The molecule has 7 heteroatoms. The summed E-state index contributed by atoms with van der Waals surface area (Å²) in [6, 6.07) is 8.87. The standard InChI is InChI=1S/C14H12N4O3/c1-16-11-10(12(19)17(2)14(16)21)13(20)18(8-15-11)9-6-4-3-5-7-9/h3-8H,1-2H3. The van der Waals surface area contributed by atoms with Crippen LogP contribution >= 0.6 is 0 Å². The molecule has 0 N–H and O–H groups in total. The molecule has 0 radical (unpaired) electrons. The van der Waals surface area contributed by atoms with Gasteiger partial charge in [-0.05, 0) is 12.1 Å². The molecular weight excluding hydrogens is 272 g/mol. The van der Waals surface area contributed by atoms with Gasteiger partial charge in [0.05, 0.1) is 5.69 Å². The quantitative estimate of drug-likeness (QED) is 0.619. The molecule has 7 nitrogen and oxygen atoms in total. The van der Waals surface area contributed by atoms with E-state index in [9.17, 15) is 14.4 Å². The predicted octanol–water partition coefficient (Wildman–Crippen LogP) is -0.217. The zero-order valence-corrected chi connectivity index (χ0v) is 11.5. The van der Waals surface area contributed by atoms with Gasteiger partial charge in [0.2, 0.25) is 0 Å². The first-order chi connectivity index (χ1) is 10.0. The third-order valence-corrected chi connectivity index (χ3v) is 3.40. The van der Waals surface area contributed by atoms with Crippen molar-refractivity contribution < 1.29 is 0 Å². The molecule has 0 amide bonds. The largest absolute Gasteiger partial charge is 0.332 e. The van der Waals surface area contributed by atoms with Gasteiger partial charge in [-0.3, -0.25) is 23.3 Å². The smallest absolute Gasteiger partial charge is 0.280 e. The normalized spacial score (nSPS) is 11.0. The van der Waals surface area contributed by atoms with Crippen LogP contribution in [0.4, 0.5) is 0 Å². The zero-order valence-electron chi connectivity index (χ0n) is 11.5. The van der Waals surface area contributed by atoms with E-state index in [0.717, 1.165) is 4.57 Å². The van der Waals surface area contributed by atoms with Crippen LogP contribution < -0.4 is 16.8 Å². The molecule has 2 aromatic heterocycles. The summed E-state index contributed by atoms with van der Waals surface area (Å²) < 4.78 is 3.38. The van der Waals surface area contributed by atoms with Crippen LogP contribution in [-0.2, 0) is 14.1 Å². The highest BCUT2D eigenvalue weighted by Gasteiger charge is 2.15. The van der Waals surface area contributed by atoms with Gasteiger partial charge in [-0.2, -0.15) is 0 Å². The molecule has 21 heavy (non-hydrogen) atoms. The Labute approximate surface area is 118 Å². The highest BCUT2D eigenvalue weighted by Crippen LogP contribution is 2.05. The van der Waals surface area contributed by atoms with E-state index >= 15 is 0 Å². The summed E-state index contributed by atoms with van der Waals surface area (Å²) in [7, 11) is 2.81. The summed E-state index contributed by atoms with van der Waals surface area (Å²) in [5.41, 5.74) is -0.969. The average molecular weight is 284 g/mol. The molecule has 0 saturated carbocycles. The molecule has 0 aliphatic carbocycles. The summed E-state index contributed by atoms with van der Waals surface area (Å²) in [4.78, 5) is 40.7. The SMILES string of the molecule is Cn1c(=O)c2c(=O)n(-c3ccccc3)cnc2n(C)c1=O. The predicted molar refractivity (Wildman–Crippen MR) is 77.8 cm³/mol. The van der Waals surface area contributed by atoms with E-state index in [1.54, 1.807) is 24.3 Å². The van der Waals surface area contributed by atoms with Crippen LogP contribution in [0.15, 0.2) is 51.0 Å². The van der Waals surface area contributed by atoms with Crippen LogP contribution in [0.1, 0.15) is 0 Å². The van der Waals surface area contributed by atoms with Crippen molar-refractivity contribution in [1.29, 1.82) is 0 Å². The summed E-state index contributed by atoms with van der Waals surface area (Å²) in [5.74, 6) is 0. The van der Waals surface area contributed by atoms with Crippen LogP contribution in [0, 0.1) is 0 Å². The Balaban J connectivity index is 2.51. The molecule has 0 spiro atoms. The number of rotatable bonds is 1. The topological polar surface area (TPSA) is 78.9 Å². The van der Waals surface area contributed by atoms with E-state index in [-0.39, 0.29) is 11.0 Å². The Bertz CT molecular complexity index is 1010. The molecule has 0 aliphatic rings. The molecular formula is C14H12N4O3. The third kappa shape index (κ3) is 1.82. The Morgan fingerprint density at radius 1 is 0.905 bits per heavy atom. The van der Waals surface area contributed by atoms with Crippen molar-refractivity contribution in [2.75, 3.05) is 0 Å². The monoisotopic (exact) mass is 284 g/mol. The van der Waals surface area contributed by atoms with Crippen molar-refractivity contribution in [2.45, 2.75) is 0 Å². The molecule has 3 rings (SSSR count). The van der Waals surface area contributed by atoms with Crippen molar-refractivity contribution in [1.82, 2.24) is 18.7 Å². The van der Waals surface area contributed by atoms with Gasteiger partial charge in [0.1, 0.15) is 11.7 Å². The van der Waals surface area contributed by atoms with Crippen molar-refractivity contribution in [2.24, 2.45) is 14.1 Å². The van der Waals surface area contributed by atoms with Crippen LogP contribution in [0.5, 0.6) is 0 Å². The lowest BCUT2D eigenvalue weighted by molar-refractivity contribution is 0.702. The van der Waals surface area contributed by atoms with Crippen molar-refractivity contribution >= 4 is 11.0 Å². The first-order valence-electron chi connectivity index (χ1n) is 6.25. The van der Waals surface area contributed by atoms with Crippen LogP contribution in [0.3, 0.4) is 0 Å². The fraction of sp³-hybridized carbons (Fsp3) is 0.143. The summed E-state index contributed by atoms with van der Waals surface area (Å²) in [6.45, 7) is 0. The number of fused-ring (bicyclic) bond motifs is 1. The summed E-state index contributed by atoms with van der Waals surface area (Å²) >= 11 is 0. The van der Waals surface area contributed by atoms with E-state index in [0.29, 0.717) is 5.69 Å². The maximum Gasteiger partial charge on any atom is 0.332 e. The first-order valence-corrected chi connectivity index (χ1v) is 6.25. The van der Waals surface area contributed by atoms with Gasteiger partial charge in [0, 0.05) is 14.1 Å². The molecule has 0 saturated heterocycles. The van der Waals surface area contributed by atoms with Gasteiger partial charge < -0.3 is 0 Å². The summed E-state index contributed by atoms with van der Waals surface area (Å²) in [5, 5.41) is -0.106. The molecule has 0 bridgehead atoms. The van der Waals surface area contributed by atoms with E-state index in [1.807, 2.05) is 6.07 Å². The highest BCUT2D eigenvalue weighted by atomic mass is 16.2. The molecule has 0 aliphatic heterocycles. The van der Waals surface area contributed by atoms with Crippen LogP contribution in [0.25, 0.3) is 16.7 Å². The minimum absolute atomic E-state index is 0.0836. The second-order valence-electron chi connectivity index (χ2n) is 4.66. The number of hydrogen-bond acceptors (Lipinski definition) is 4. The van der Waals surface area contributed by atoms with Gasteiger partial charge in [0.15, 0.2) is 5.65 Å². The van der Waals surface area contributed by atoms with Gasteiger partial charge in [-0.15, -0.1) is 0 Å². The van der Waals surface area contributed by atoms with Gasteiger partial charge in [0.25, 0.3) is 11.1 Å². The second kappa shape index (κ2) is 4.55. The number of benzene rings is 1. The average Bonchev–Trinajstić information content (AvgIpc) is 2.51. The molecule has 1 aromatic carbocycles. The molecule has 0 fully saturated rings. The number of aromatic nitrogens is 4. The Morgan fingerprint density at radius 3 is 2.24 bits per heavy atom. The second-order valence-corrected chi connectivity index (χ2v) is 4.66. The number of para-hydroxylation sites is 1. The van der Waals surface area contributed by atoms with Gasteiger partial charge in [-0.25, -0.2) is 9.78 Å². The lowest BCUT2D eigenvalue weighted by atomic mass is 10.3. The lowest BCUT2D eigenvalue weighted by Gasteiger charge is -2.09. The van der Waals surface area contributed by atoms with Gasteiger partial charge >= 0.3 is 5.69 Å². The Morgan fingerprint density at radius 2 is 1.57 bits per heavy atom. The maximum atomic E-state index is 12.6. The molecule has 0 atom stereocenters. The fourth-order valence-electron chi connectivity index (χ4n) is 2.23. The van der Waals surface area contributed by atoms with Crippen molar-refractivity contribution in [3.05, 3.63) is 67.9 Å². The van der Waals surface area contributed by atoms with Crippen LogP contribution in [-0.4, -0.2) is 18.7 Å². The van der Waals surface area contributed by atoms with E-state index in [2.05, 4.69) is 4.98 Å². The Hall–Kier alpha value is -2.96. The minimum Gasteiger partial charge on any atom is -0.280 e. The van der Waals surface area contributed by atoms with Crippen LogP contribution in [0.2, 0.25) is 0 Å². The van der Waals surface area contributed by atoms with Crippen molar-refractivity contribution in [3.63, 3.8) is 0 Å². The number of hydrogen-bond donors (Lipinski definition) is 0. The van der Waals surface area contributed by atoms with E-state index in [1.165, 1.54) is 29.6 Å². The van der Waals surface area contributed by atoms with Crippen molar-refractivity contribution in [3.8, 4) is 5.69 Å². The molecule has 3 aromatic rings. The maximum absolute atomic E-state index is 12.6. The minimum atomic E-state index is -0.643. The Kier molecular flexibility index (Phi) is 2.83. The molecule has 106 valence electrons. The fourth-order valence-corrected chi connectivity index (χ4v) is 2.23. The highest BCUT2D eigenvalue weighted by molar-refractivity contribution is 5.72. The van der Waals surface area contributed by atoms with Gasteiger partial charge in [-0.1, -0.05) is 18.2 Å². The summed E-state index contributed by atoms with van der Waals surface area (Å²) in [6.07, 6.45) is 1.32. The molecule has 0 unspecified atom stereocenters. The van der Waals surface area contributed by atoms with E-state index < -0.39 is 16.8 Å². The number of nitrogens with zero attached hydrogens (tertiary/aromatic N) is 4. The molecule has 2 heterocycles.